The van der Waals surface area contributed by atoms with E-state index in [0.717, 1.165) is 11.1 Å². The van der Waals surface area contributed by atoms with Crippen molar-refractivity contribution in [1.82, 2.24) is 0 Å². The molecule has 12 heavy (non-hydrogen) atoms. The molecule has 0 aliphatic rings. The van der Waals surface area contributed by atoms with Gasteiger partial charge in [0.05, 0.1) is 6.04 Å². The molecular weight excluding hydrogens is 180 g/mol. The molecule has 1 atom stereocenters. The smallest absolute Gasteiger partial charge is 0.253 e. The van der Waals surface area contributed by atoms with Crippen LogP contribution in [0.1, 0.15) is 11.1 Å². The van der Waals surface area contributed by atoms with E-state index in [1.165, 1.54) is 11.3 Å². The highest BCUT2D eigenvalue weighted by Crippen LogP contribution is 2.16. The van der Waals surface area contributed by atoms with Crippen molar-refractivity contribution in [2.45, 2.75) is 25.8 Å². The van der Waals surface area contributed by atoms with Crippen LogP contribution in [0.5, 0.6) is 0 Å². The fourth-order valence-electron chi connectivity index (χ4n) is 0.939. The number of alkyl halides is 2. The lowest BCUT2D eigenvalue weighted by molar-refractivity contribution is 0.116. The molecule has 4 heteroatoms. The molecule has 0 bridgehead atoms. The van der Waals surface area contributed by atoms with Gasteiger partial charge in [-0.1, -0.05) is 0 Å². The first-order valence-corrected chi connectivity index (χ1v) is 4.61. The summed E-state index contributed by atoms with van der Waals surface area (Å²) >= 11 is 1.52. The summed E-state index contributed by atoms with van der Waals surface area (Å²) in [5.41, 5.74) is 7.22. The molecule has 0 amide bonds. The van der Waals surface area contributed by atoms with Gasteiger partial charge in [-0.3, -0.25) is 0 Å². The number of halogens is 2. The Kier molecular flexibility index (Phi) is 3.17. The van der Waals surface area contributed by atoms with Crippen LogP contribution >= 0.6 is 11.3 Å². The van der Waals surface area contributed by atoms with E-state index in [1.54, 1.807) is 0 Å². The highest BCUT2D eigenvalue weighted by Gasteiger charge is 2.16. The number of aryl methyl sites for hydroxylation is 1. The first-order chi connectivity index (χ1) is 5.61. The van der Waals surface area contributed by atoms with Gasteiger partial charge in [-0.15, -0.1) is 0 Å². The van der Waals surface area contributed by atoms with E-state index in [4.69, 9.17) is 5.73 Å². The van der Waals surface area contributed by atoms with Crippen LogP contribution in [0.4, 0.5) is 8.78 Å². The topological polar surface area (TPSA) is 26.0 Å². The zero-order valence-corrected chi connectivity index (χ0v) is 7.57. The second-order valence-corrected chi connectivity index (χ2v) is 3.53. The van der Waals surface area contributed by atoms with E-state index < -0.39 is 12.5 Å². The van der Waals surface area contributed by atoms with Gasteiger partial charge in [0.1, 0.15) is 0 Å². The van der Waals surface area contributed by atoms with Crippen LogP contribution in [0.15, 0.2) is 10.8 Å². The SMILES string of the molecule is Cc1cscc1CC(N)C(F)F. The molecule has 1 nitrogen and oxygen atoms in total. The molecule has 1 unspecified atom stereocenters. The molecule has 0 aliphatic carbocycles. The molecule has 0 fully saturated rings. The summed E-state index contributed by atoms with van der Waals surface area (Å²) in [6.07, 6.45) is -2.16. The average Bonchev–Trinajstić information content (AvgIpc) is 2.36. The van der Waals surface area contributed by atoms with Crippen molar-refractivity contribution in [3.05, 3.63) is 21.9 Å². The van der Waals surface area contributed by atoms with Crippen LogP contribution in [0, 0.1) is 6.92 Å². The molecule has 1 heterocycles. The lowest BCUT2D eigenvalue weighted by Crippen LogP contribution is -2.30. The van der Waals surface area contributed by atoms with E-state index in [9.17, 15) is 8.78 Å². The molecule has 1 aromatic heterocycles. The predicted octanol–water partition coefficient (Wildman–Crippen LogP) is 2.19. The maximum absolute atomic E-state index is 12.0. The standard InChI is InChI=1S/C8H11F2NS/c1-5-3-12-4-6(5)2-7(11)8(9)10/h3-4,7-8H,2,11H2,1H3. The van der Waals surface area contributed by atoms with Crippen molar-refractivity contribution in [3.63, 3.8) is 0 Å². The van der Waals surface area contributed by atoms with E-state index in [1.807, 2.05) is 17.7 Å². The Balaban J connectivity index is 2.58. The number of nitrogens with two attached hydrogens (primary N) is 1. The lowest BCUT2D eigenvalue weighted by Gasteiger charge is -2.09. The van der Waals surface area contributed by atoms with E-state index in [2.05, 4.69) is 0 Å². The Morgan fingerprint density at radius 2 is 2.17 bits per heavy atom. The Morgan fingerprint density at radius 1 is 1.50 bits per heavy atom. The second kappa shape index (κ2) is 3.96. The number of rotatable bonds is 3. The van der Waals surface area contributed by atoms with Crippen molar-refractivity contribution in [2.75, 3.05) is 0 Å². The third kappa shape index (κ3) is 2.25. The summed E-state index contributed by atoms with van der Waals surface area (Å²) in [7, 11) is 0. The molecule has 1 rings (SSSR count). The molecule has 0 radical (unpaired) electrons. The third-order valence-corrected chi connectivity index (χ3v) is 2.65. The minimum absolute atomic E-state index is 0.271. The monoisotopic (exact) mass is 191 g/mol. The molecule has 0 aromatic carbocycles. The van der Waals surface area contributed by atoms with Gasteiger partial charge in [-0.05, 0) is 35.2 Å². The van der Waals surface area contributed by atoms with Crippen molar-refractivity contribution < 1.29 is 8.78 Å². The maximum Gasteiger partial charge on any atom is 0.253 e. The van der Waals surface area contributed by atoms with E-state index in [-0.39, 0.29) is 6.42 Å². The first-order valence-electron chi connectivity index (χ1n) is 3.66. The third-order valence-electron chi connectivity index (χ3n) is 1.74. The Bertz CT molecular complexity index is 247. The van der Waals surface area contributed by atoms with Crippen LogP contribution in [0.2, 0.25) is 0 Å². The second-order valence-electron chi connectivity index (χ2n) is 2.78. The summed E-state index contributed by atoms with van der Waals surface area (Å²) in [5.74, 6) is 0. The number of thiophene rings is 1. The Hall–Kier alpha value is -0.480. The highest BCUT2D eigenvalue weighted by atomic mass is 32.1. The van der Waals surface area contributed by atoms with Gasteiger partial charge in [0.25, 0.3) is 6.43 Å². The van der Waals surface area contributed by atoms with Crippen LogP contribution in [0.25, 0.3) is 0 Å². The van der Waals surface area contributed by atoms with E-state index >= 15 is 0 Å². The average molecular weight is 191 g/mol. The molecule has 0 saturated heterocycles. The molecule has 2 N–H and O–H groups in total. The minimum atomic E-state index is -2.43. The van der Waals surface area contributed by atoms with Crippen LogP contribution < -0.4 is 5.73 Å². The van der Waals surface area contributed by atoms with Gasteiger partial charge in [0, 0.05) is 0 Å². The summed E-state index contributed by atoms with van der Waals surface area (Å²) in [6.45, 7) is 1.91. The molecule has 0 aliphatic heterocycles. The van der Waals surface area contributed by atoms with Crippen molar-refractivity contribution >= 4 is 11.3 Å². The zero-order valence-electron chi connectivity index (χ0n) is 6.76. The summed E-state index contributed by atoms with van der Waals surface area (Å²) in [5, 5.41) is 3.81. The number of hydrogen-bond donors (Lipinski definition) is 1. The number of hydrogen-bond acceptors (Lipinski definition) is 2. The van der Waals surface area contributed by atoms with Crippen molar-refractivity contribution in [2.24, 2.45) is 5.73 Å². The van der Waals surface area contributed by atoms with Crippen molar-refractivity contribution in [1.29, 1.82) is 0 Å². The Morgan fingerprint density at radius 3 is 2.58 bits per heavy atom. The Labute approximate surface area is 74.2 Å². The van der Waals surface area contributed by atoms with Gasteiger partial charge < -0.3 is 5.73 Å². The largest absolute Gasteiger partial charge is 0.323 e. The van der Waals surface area contributed by atoms with Gasteiger partial charge in [0.2, 0.25) is 0 Å². The van der Waals surface area contributed by atoms with Gasteiger partial charge in [0.15, 0.2) is 0 Å². The molecule has 0 saturated carbocycles. The van der Waals surface area contributed by atoms with E-state index in [0.29, 0.717) is 0 Å². The quantitative estimate of drug-likeness (QED) is 0.778. The fraction of sp³-hybridized carbons (Fsp3) is 0.500. The van der Waals surface area contributed by atoms with Gasteiger partial charge in [-0.25, -0.2) is 8.78 Å². The van der Waals surface area contributed by atoms with Crippen LogP contribution in [0.3, 0.4) is 0 Å². The summed E-state index contributed by atoms with van der Waals surface area (Å²) in [6, 6.07) is -1.03. The molecular formula is C8H11F2NS. The minimum Gasteiger partial charge on any atom is -0.323 e. The van der Waals surface area contributed by atoms with Gasteiger partial charge in [-0.2, -0.15) is 11.3 Å². The highest BCUT2D eigenvalue weighted by molar-refractivity contribution is 7.08. The van der Waals surface area contributed by atoms with Crippen molar-refractivity contribution in [3.8, 4) is 0 Å². The molecule has 68 valence electrons. The normalized spacial score (nSPS) is 13.8. The zero-order chi connectivity index (χ0) is 9.14. The van der Waals surface area contributed by atoms with Crippen LogP contribution in [-0.2, 0) is 6.42 Å². The molecule has 0 spiro atoms. The fourth-order valence-corrected chi connectivity index (χ4v) is 1.81. The first kappa shape index (κ1) is 9.61. The van der Waals surface area contributed by atoms with Crippen LogP contribution in [-0.4, -0.2) is 12.5 Å². The summed E-state index contributed by atoms with van der Waals surface area (Å²) < 4.78 is 24.1. The lowest BCUT2D eigenvalue weighted by atomic mass is 10.1. The maximum atomic E-state index is 12.0. The van der Waals surface area contributed by atoms with Gasteiger partial charge >= 0.3 is 0 Å². The predicted molar refractivity (Wildman–Crippen MR) is 46.7 cm³/mol. The molecule has 1 aromatic rings. The summed E-state index contributed by atoms with van der Waals surface area (Å²) in [4.78, 5) is 0.